The van der Waals surface area contributed by atoms with Gasteiger partial charge >= 0.3 is 0 Å². The molecule has 0 saturated heterocycles. The Bertz CT molecular complexity index is 530. The van der Waals surface area contributed by atoms with E-state index in [-0.39, 0.29) is 0 Å². The Kier molecular flexibility index (Phi) is 3.24. The van der Waals surface area contributed by atoms with Crippen LogP contribution in [0.5, 0.6) is 0 Å². The van der Waals surface area contributed by atoms with Crippen LogP contribution >= 0.6 is 0 Å². The van der Waals surface area contributed by atoms with Crippen molar-refractivity contribution in [1.82, 2.24) is 10.3 Å². The summed E-state index contributed by atoms with van der Waals surface area (Å²) in [6.45, 7) is 5.99. The third-order valence-electron chi connectivity index (χ3n) is 2.77. The SMILES string of the molecule is C=C(NC)c1ncc(-c2ccccc2)cc1C. The van der Waals surface area contributed by atoms with Crippen LogP contribution in [0, 0.1) is 6.92 Å². The minimum atomic E-state index is 0.849. The van der Waals surface area contributed by atoms with Gasteiger partial charge in [0.25, 0.3) is 0 Å². The van der Waals surface area contributed by atoms with Crippen molar-refractivity contribution in [2.75, 3.05) is 7.05 Å². The molecule has 2 heteroatoms. The Labute approximate surface area is 102 Å². The molecule has 0 radical (unpaired) electrons. The number of rotatable bonds is 3. The lowest BCUT2D eigenvalue weighted by Crippen LogP contribution is -2.06. The fourth-order valence-electron chi connectivity index (χ4n) is 1.80. The maximum absolute atomic E-state index is 4.46. The summed E-state index contributed by atoms with van der Waals surface area (Å²) in [5.74, 6) is 0. The molecule has 0 aliphatic heterocycles. The first kappa shape index (κ1) is 11.4. The molecule has 0 saturated carbocycles. The Morgan fingerprint density at radius 1 is 1.18 bits per heavy atom. The largest absolute Gasteiger partial charge is 0.387 e. The van der Waals surface area contributed by atoms with Crippen LogP contribution in [0.25, 0.3) is 16.8 Å². The fraction of sp³-hybridized carbons (Fsp3) is 0.133. The molecule has 0 aliphatic rings. The number of aromatic nitrogens is 1. The van der Waals surface area contributed by atoms with Crippen molar-refractivity contribution >= 4 is 5.70 Å². The molecular weight excluding hydrogens is 208 g/mol. The zero-order valence-electron chi connectivity index (χ0n) is 10.2. The van der Waals surface area contributed by atoms with Crippen LogP contribution in [0.15, 0.2) is 49.2 Å². The molecule has 2 aromatic rings. The molecule has 86 valence electrons. The first-order valence-electron chi connectivity index (χ1n) is 5.61. The molecule has 1 N–H and O–H groups in total. The molecule has 0 atom stereocenters. The van der Waals surface area contributed by atoms with Crippen LogP contribution in [0.4, 0.5) is 0 Å². The summed E-state index contributed by atoms with van der Waals surface area (Å²) in [7, 11) is 1.86. The van der Waals surface area contributed by atoms with Crippen molar-refractivity contribution in [3.63, 3.8) is 0 Å². The van der Waals surface area contributed by atoms with Gasteiger partial charge < -0.3 is 5.32 Å². The van der Waals surface area contributed by atoms with Gasteiger partial charge in [-0.15, -0.1) is 0 Å². The third-order valence-corrected chi connectivity index (χ3v) is 2.77. The van der Waals surface area contributed by atoms with Crippen LogP contribution < -0.4 is 5.32 Å². The van der Waals surface area contributed by atoms with Gasteiger partial charge in [-0.2, -0.15) is 0 Å². The van der Waals surface area contributed by atoms with E-state index in [0.717, 1.165) is 22.5 Å². The summed E-state index contributed by atoms with van der Waals surface area (Å²) in [5.41, 5.74) is 5.22. The third kappa shape index (κ3) is 2.36. The van der Waals surface area contributed by atoms with Crippen LogP contribution in [-0.4, -0.2) is 12.0 Å². The molecule has 1 aromatic carbocycles. The van der Waals surface area contributed by atoms with Gasteiger partial charge in [-0.25, -0.2) is 0 Å². The van der Waals surface area contributed by atoms with Crippen LogP contribution in [0.1, 0.15) is 11.3 Å². The summed E-state index contributed by atoms with van der Waals surface area (Å²) >= 11 is 0. The highest BCUT2D eigenvalue weighted by Crippen LogP contribution is 2.22. The number of hydrogen-bond donors (Lipinski definition) is 1. The number of nitrogens with zero attached hydrogens (tertiary/aromatic N) is 1. The summed E-state index contributed by atoms with van der Waals surface area (Å²) in [5, 5.41) is 3.02. The van der Waals surface area contributed by atoms with Crippen molar-refractivity contribution in [2.45, 2.75) is 6.92 Å². The molecule has 0 spiro atoms. The molecule has 1 aromatic heterocycles. The second kappa shape index (κ2) is 4.83. The number of nitrogens with one attached hydrogen (secondary N) is 1. The average Bonchev–Trinajstić information content (AvgIpc) is 2.39. The van der Waals surface area contributed by atoms with Crippen molar-refractivity contribution in [3.05, 3.63) is 60.4 Å². The van der Waals surface area contributed by atoms with Gasteiger partial charge in [-0.3, -0.25) is 4.98 Å². The predicted octanol–water partition coefficient (Wildman–Crippen LogP) is 3.25. The highest BCUT2D eigenvalue weighted by atomic mass is 14.9. The molecule has 0 bridgehead atoms. The Morgan fingerprint density at radius 2 is 1.88 bits per heavy atom. The lowest BCUT2D eigenvalue weighted by molar-refractivity contribution is 1.08. The van der Waals surface area contributed by atoms with Gasteiger partial charge in [0.1, 0.15) is 0 Å². The standard InChI is InChI=1S/C15H16N2/c1-11-9-14(13-7-5-4-6-8-13)10-17-15(11)12(2)16-3/h4-10,16H,2H2,1,3H3. The van der Waals surface area contributed by atoms with Crippen molar-refractivity contribution in [1.29, 1.82) is 0 Å². The lowest BCUT2D eigenvalue weighted by Gasteiger charge is -2.09. The van der Waals surface area contributed by atoms with E-state index in [1.54, 1.807) is 0 Å². The maximum atomic E-state index is 4.46. The molecule has 0 amide bonds. The van der Waals surface area contributed by atoms with Crippen LogP contribution in [-0.2, 0) is 0 Å². The van der Waals surface area contributed by atoms with E-state index in [9.17, 15) is 0 Å². The van der Waals surface area contributed by atoms with Gasteiger partial charge in [0.2, 0.25) is 0 Å². The first-order chi connectivity index (χ1) is 8.22. The van der Waals surface area contributed by atoms with Gasteiger partial charge in [0.15, 0.2) is 0 Å². The van der Waals surface area contributed by atoms with Crippen LogP contribution in [0.3, 0.4) is 0 Å². The minimum absolute atomic E-state index is 0.849. The van der Waals surface area contributed by atoms with Crippen LogP contribution in [0.2, 0.25) is 0 Å². The highest BCUT2D eigenvalue weighted by molar-refractivity contribution is 5.68. The first-order valence-corrected chi connectivity index (χ1v) is 5.61. The normalized spacial score (nSPS) is 10.0. The van der Waals surface area contributed by atoms with Crippen molar-refractivity contribution in [3.8, 4) is 11.1 Å². The fourth-order valence-corrected chi connectivity index (χ4v) is 1.80. The molecule has 2 nitrogen and oxygen atoms in total. The Balaban J connectivity index is 2.41. The molecule has 0 unspecified atom stereocenters. The number of benzene rings is 1. The summed E-state index contributed by atoms with van der Waals surface area (Å²) in [4.78, 5) is 4.46. The van der Waals surface area contributed by atoms with E-state index in [0.29, 0.717) is 0 Å². The Hall–Kier alpha value is -2.09. The smallest absolute Gasteiger partial charge is 0.0884 e. The maximum Gasteiger partial charge on any atom is 0.0884 e. The Morgan fingerprint density at radius 3 is 2.47 bits per heavy atom. The molecule has 2 rings (SSSR count). The quantitative estimate of drug-likeness (QED) is 0.865. The van der Waals surface area contributed by atoms with Gasteiger partial charge in [0, 0.05) is 18.8 Å². The molecular formula is C15H16N2. The van der Waals surface area contributed by atoms with E-state index < -0.39 is 0 Å². The highest BCUT2D eigenvalue weighted by Gasteiger charge is 2.05. The zero-order valence-corrected chi connectivity index (χ0v) is 10.2. The summed E-state index contributed by atoms with van der Waals surface area (Å²) in [6.07, 6.45) is 1.89. The molecule has 1 heterocycles. The van der Waals surface area contributed by atoms with Gasteiger partial charge in [0.05, 0.1) is 11.4 Å². The monoisotopic (exact) mass is 224 g/mol. The molecule has 0 fully saturated rings. The summed E-state index contributed by atoms with van der Waals surface area (Å²) < 4.78 is 0. The van der Waals surface area contributed by atoms with Gasteiger partial charge in [-0.05, 0) is 24.1 Å². The number of aryl methyl sites for hydroxylation is 1. The second-order valence-electron chi connectivity index (χ2n) is 3.98. The van der Waals surface area contributed by atoms with E-state index in [1.807, 2.05) is 31.4 Å². The second-order valence-corrected chi connectivity index (χ2v) is 3.98. The molecule has 0 aliphatic carbocycles. The predicted molar refractivity (Wildman–Crippen MR) is 72.5 cm³/mol. The molecule has 17 heavy (non-hydrogen) atoms. The van der Waals surface area contributed by atoms with E-state index in [4.69, 9.17) is 0 Å². The van der Waals surface area contributed by atoms with E-state index >= 15 is 0 Å². The van der Waals surface area contributed by atoms with Gasteiger partial charge in [-0.1, -0.05) is 36.9 Å². The topological polar surface area (TPSA) is 24.9 Å². The average molecular weight is 224 g/mol. The zero-order chi connectivity index (χ0) is 12.3. The van der Waals surface area contributed by atoms with E-state index in [1.165, 1.54) is 5.56 Å². The summed E-state index contributed by atoms with van der Waals surface area (Å²) in [6, 6.07) is 12.4. The van der Waals surface area contributed by atoms with E-state index in [2.05, 4.69) is 42.0 Å². The number of pyridine rings is 1. The minimum Gasteiger partial charge on any atom is -0.387 e. The number of hydrogen-bond acceptors (Lipinski definition) is 2. The van der Waals surface area contributed by atoms with Crippen molar-refractivity contribution in [2.24, 2.45) is 0 Å². The van der Waals surface area contributed by atoms with Crippen molar-refractivity contribution < 1.29 is 0 Å². The lowest BCUT2D eigenvalue weighted by atomic mass is 10.0.